The second-order valence-corrected chi connectivity index (χ2v) is 6.68. The molecule has 1 aromatic carbocycles. The molecule has 1 fully saturated rings. The van der Waals surface area contributed by atoms with E-state index in [-0.39, 0.29) is 23.8 Å². The molecule has 24 heavy (non-hydrogen) atoms. The largest absolute Gasteiger partial charge is 0.493 e. The van der Waals surface area contributed by atoms with Crippen LogP contribution >= 0.6 is 23.4 Å². The third kappa shape index (κ3) is 3.94. The molecular weight excluding hydrogens is 350 g/mol. The zero-order chi connectivity index (χ0) is 17.9. The van der Waals surface area contributed by atoms with Gasteiger partial charge in [-0.15, -0.1) is 6.58 Å². The van der Waals surface area contributed by atoms with Crippen molar-refractivity contribution >= 4 is 40.6 Å². The predicted octanol–water partition coefficient (Wildman–Crippen LogP) is 4.36. The van der Waals surface area contributed by atoms with Crippen molar-refractivity contribution in [2.45, 2.75) is 20.0 Å². The molecule has 0 aliphatic carbocycles. The first-order chi connectivity index (χ1) is 11.4. The maximum absolute atomic E-state index is 12.2. The number of methoxy groups -OCH3 is 1. The molecule has 7 heteroatoms. The Hall–Kier alpha value is -1.92. The molecule has 0 radical (unpaired) electrons. The van der Waals surface area contributed by atoms with Crippen molar-refractivity contribution in [3.8, 4) is 11.5 Å². The molecule has 1 saturated heterocycles. The van der Waals surface area contributed by atoms with Crippen LogP contribution in [0.3, 0.4) is 0 Å². The van der Waals surface area contributed by atoms with E-state index in [4.69, 9.17) is 21.1 Å². The second-order valence-electron chi connectivity index (χ2n) is 5.28. The highest BCUT2D eigenvalue weighted by Crippen LogP contribution is 2.39. The van der Waals surface area contributed by atoms with Gasteiger partial charge in [0.1, 0.15) is 0 Å². The van der Waals surface area contributed by atoms with Gasteiger partial charge in [0, 0.05) is 6.54 Å². The van der Waals surface area contributed by atoms with Crippen LogP contribution in [0.2, 0.25) is 5.02 Å². The number of ether oxygens (including phenoxy) is 2. The van der Waals surface area contributed by atoms with Crippen molar-refractivity contribution in [1.82, 2.24) is 4.90 Å². The lowest BCUT2D eigenvalue weighted by molar-refractivity contribution is -0.122. The number of hydrogen-bond acceptors (Lipinski definition) is 5. The summed E-state index contributed by atoms with van der Waals surface area (Å²) in [5.74, 6) is 0.571. The van der Waals surface area contributed by atoms with Gasteiger partial charge in [-0.25, -0.2) is 0 Å². The van der Waals surface area contributed by atoms with Crippen molar-refractivity contribution in [2.24, 2.45) is 0 Å². The van der Waals surface area contributed by atoms with E-state index < -0.39 is 0 Å². The summed E-state index contributed by atoms with van der Waals surface area (Å²) in [6, 6.07) is 3.38. The number of amides is 2. The Balaban J connectivity index is 2.36. The lowest BCUT2D eigenvalue weighted by Crippen LogP contribution is -2.27. The quantitative estimate of drug-likeness (QED) is 0.552. The maximum atomic E-state index is 12.2. The molecule has 0 unspecified atom stereocenters. The smallest absolute Gasteiger partial charge is 0.293 e. The summed E-state index contributed by atoms with van der Waals surface area (Å²) in [7, 11) is 1.51. The Labute approximate surface area is 150 Å². The SMILES string of the molecule is C=CCN1C(=O)S/C(=C/c2cc(Cl)c(OC(C)C)c(OC)c2)C1=O. The fraction of sp³-hybridized carbons (Fsp3) is 0.294. The zero-order valence-electron chi connectivity index (χ0n) is 13.7. The zero-order valence-corrected chi connectivity index (χ0v) is 15.2. The topological polar surface area (TPSA) is 55.8 Å². The number of imide groups is 1. The van der Waals surface area contributed by atoms with Gasteiger partial charge in [-0.05, 0) is 49.4 Å². The number of nitrogens with zero attached hydrogens (tertiary/aromatic N) is 1. The summed E-state index contributed by atoms with van der Waals surface area (Å²) in [5.41, 5.74) is 0.650. The van der Waals surface area contributed by atoms with Gasteiger partial charge < -0.3 is 9.47 Å². The standard InChI is InChI=1S/C17H18ClNO4S/c1-5-6-19-16(20)14(24-17(19)21)9-11-7-12(18)15(23-10(2)3)13(8-11)22-4/h5,7-10H,1,6H2,2-4H3/b14-9+. The van der Waals surface area contributed by atoms with Crippen LogP contribution in [0.25, 0.3) is 6.08 Å². The second kappa shape index (κ2) is 7.77. The van der Waals surface area contributed by atoms with Gasteiger partial charge in [-0.2, -0.15) is 0 Å². The fourth-order valence-electron chi connectivity index (χ4n) is 2.11. The first kappa shape index (κ1) is 18.4. The van der Waals surface area contributed by atoms with Crippen LogP contribution in [-0.4, -0.2) is 35.8 Å². The minimum absolute atomic E-state index is 0.0577. The molecule has 128 valence electrons. The Morgan fingerprint density at radius 1 is 1.38 bits per heavy atom. The van der Waals surface area contributed by atoms with Crippen LogP contribution in [0, 0.1) is 0 Å². The number of halogens is 1. The average molecular weight is 368 g/mol. The Kier molecular flexibility index (Phi) is 5.96. The Bertz CT molecular complexity index is 715. The molecule has 0 bridgehead atoms. The normalized spacial score (nSPS) is 16.2. The Morgan fingerprint density at radius 2 is 2.08 bits per heavy atom. The van der Waals surface area contributed by atoms with Crippen molar-refractivity contribution in [1.29, 1.82) is 0 Å². The van der Waals surface area contributed by atoms with Crippen molar-refractivity contribution in [2.75, 3.05) is 13.7 Å². The summed E-state index contributed by atoms with van der Waals surface area (Å²) in [6.45, 7) is 7.51. The molecule has 2 rings (SSSR count). The van der Waals surface area contributed by atoms with Gasteiger partial charge >= 0.3 is 0 Å². The summed E-state index contributed by atoms with van der Waals surface area (Å²) >= 11 is 7.16. The van der Waals surface area contributed by atoms with E-state index in [1.54, 1.807) is 18.2 Å². The Morgan fingerprint density at radius 3 is 2.67 bits per heavy atom. The number of carbonyl (C=O) groups excluding carboxylic acids is 2. The molecule has 5 nitrogen and oxygen atoms in total. The number of hydrogen-bond donors (Lipinski definition) is 0. The van der Waals surface area contributed by atoms with Gasteiger partial charge in [0.05, 0.1) is 23.1 Å². The van der Waals surface area contributed by atoms with E-state index in [1.807, 2.05) is 13.8 Å². The molecule has 2 amide bonds. The van der Waals surface area contributed by atoms with Crippen molar-refractivity contribution in [3.05, 3.63) is 40.3 Å². The molecule has 0 aromatic heterocycles. The average Bonchev–Trinajstić information content (AvgIpc) is 2.77. The van der Waals surface area contributed by atoms with Crippen LogP contribution in [0.15, 0.2) is 29.7 Å². The van der Waals surface area contributed by atoms with Crippen molar-refractivity contribution in [3.63, 3.8) is 0 Å². The van der Waals surface area contributed by atoms with Crippen LogP contribution < -0.4 is 9.47 Å². The van der Waals surface area contributed by atoms with E-state index in [1.165, 1.54) is 13.2 Å². The minimum Gasteiger partial charge on any atom is -0.493 e. The highest BCUT2D eigenvalue weighted by molar-refractivity contribution is 8.18. The first-order valence-electron chi connectivity index (χ1n) is 7.27. The van der Waals surface area contributed by atoms with Gasteiger partial charge in [-0.1, -0.05) is 17.7 Å². The number of rotatable bonds is 6. The number of thioether (sulfide) groups is 1. The highest BCUT2D eigenvalue weighted by Gasteiger charge is 2.34. The van der Waals surface area contributed by atoms with E-state index in [9.17, 15) is 9.59 Å². The maximum Gasteiger partial charge on any atom is 0.293 e. The van der Waals surface area contributed by atoms with Crippen LogP contribution in [0.4, 0.5) is 4.79 Å². The van der Waals surface area contributed by atoms with Crippen LogP contribution in [0.1, 0.15) is 19.4 Å². The molecule has 1 aliphatic rings. The van der Waals surface area contributed by atoms with E-state index in [0.29, 0.717) is 27.0 Å². The predicted molar refractivity (Wildman–Crippen MR) is 96.6 cm³/mol. The summed E-state index contributed by atoms with van der Waals surface area (Å²) in [5, 5.41) is 0.0589. The van der Waals surface area contributed by atoms with Gasteiger partial charge in [0.15, 0.2) is 11.5 Å². The highest BCUT2D eigenvalue weighted by atomic mass is 35.5. The summed E-state index contributed by atoms with van der Waals surface area (Å²) < 4.78 is 11.0. The molecule has 1 aromatic rings. The fourth-order valence-corrected chi connectivity index (χ4v) is 3.22. The van der Waals surface area contributed by atoms with E-state index >= 15 is 0 Å². The van der Waals surface area contributed by atoms with Gasteiger partial charge in [-0.3, -0.25) is 14.5 Å². The van der Waals surface area contributed by atoms with Crippen LogP contribution in [0.5, 0.6) is 11.5 Å². The molecule has 0 atom stereocenters. The first-order valence-corrected chi connectivity index (χ1v) is 8.47. The molecule has 1 aliphatic heterocycles. The third-order valence-electron chi connectivity index (χ3n) is 3.09. The lowest BCUT2D eigenvalue weighted by Gasteiger charge is -2.15. The number of carbonyl (C=O) groups is 2. The molecule has 0 N–H and O–H groups in total. The van der Waals surface area contributed by atoms with E-state index in [2.05, 4.69) is 6.58 Å². The van der Waals surface area contributed by atoms with Crippen molar-refractivity contribution < 1.29 is 19.1 Å². The van der Waals surface area contributed by atoms with E-state index in [0.717, 1.165) is 16.7 Å². The van der Waals surface area contributed by atoms with Gasteiger partial charge in [0.2, 0.25) is 0 Å². The monoisotopic (exact) mass is 367 g/mol. The molecule has 0 saturated carbocycles. The summed E-state index contributed by atoms with van der Waals surface area (Å²) in [6.07, 6.45) is 3.07. The number of benzene rings is 1. The molecular formula is C17H18ClNO4S. The molecule has 1 heterocycles. The van der Waals surface area contributed by atoms with Crippen LogP contribution in [-0.2, 0) is 4.79 Å². The van der Waals surface area contributed by atoms with Gasteiger partial charge in [0.25, 0.3) is 11.1 Å². The third-order valence-corrected chi connectivity index (χ3v) is 4.28. The minimum atomic E-state index is -0.345. The summed E-state index contributed by atoms with van der Waals surface area (Å²) in [4.78, 5) is 25.6. The molecule has 0 spiro atoms. The lowest BCUT2D eigenvalue weighted by atomic mass is 10.1.